The summed E-state index contributed by atoms with van der Waals surface area (Å²) in [5.74, 6) is 1.76. The summed E-state index contributed by atoms with van der Waals surface area (Å²) in [5.41, 5.74) is 0. The maximum atomic E-state index is 8.65. The number of aliphatic hydroxyl groups excluding tert-OH is 1. The highest BCUT2D eigenvalue weighted by Gasteiger charge is 2.23. The molecule has 1 aliphatic carbocycles. The zero-order chi connectivity index (χ0) is 9.68. The fourth-order valence-corrected chi connectivity index (χ4v) is 2.12. The lowest BCUT2D eigenvalue weighted by Gasteiger charge is -2.32. The number of nitrogens with one attached hydrogen (secondary N) is 1. The lowest BCUT2D eigenvalue weighted by atomic mass is 9.79. The van der Waals surface area contributed by atoms with E-state index in [1.165, 1.54) is 19.3 Å². The first-order valence-corrected chi connectivity index (χ1v) is 5.58. The van der Waals surface area contributed by atoms with Crippen molar-refractivity contribution in [1.82, 2.24) is 5.32 Å². The maximum absolute atomic E-state index is 8.65. The van der Waals surface area contributed by atoms with Gasteiger partial charge in [-0.15, -0.1) is 0 Å². The van der Waals surface area contributed by atoms with Crippen LogP contribution in [-0.2, 0) is 0 Å². The second kappa shape index (κ2) is 5.61. The van der Waals surface area contributed by atoms with Crippen LogP contribution in [0.3, 0.4) is 0 Å². The predicted octanol–water partition coefficient (Wildman–Crippen LogP) is 1.78. The van der Waals surface area contributed by atoms with Gasteiger partial charge in [-0.3, -0.25) is 0 Å². The molecule has 1 aliphatic rings. The Labute approximate surface area is 81.7 Å². The molecule has 3 atom stereocenters. The van der Waals surface area contributed by atoms with Crippen LogP contribution in [-0.4, -0.2) is 24.3 Å². The van der Waals surface area contributed by atoms with Gasteiger partial charge in [-0.05, 0) is 44.1 Å². The van der Waals surface area contributed by atoms with Gasteiger partial charge in [0.05, 0.1) is 0 Å². The first-order chi connectivity index (χ1) is 6.24. The van der Waals surface area contributed by atoms with Crippen LogP contribution in [0.1, 0.15) is 39.5 Å². The Balaban J connectivity index is 2.14. The van der Waals surface area contributed by atoms with E-state index in [0.29, 0.717) is 12.6 Å². The molecule has 0 aromatic rings. The minimum atomic E-state index is 0.311. The lowest BCUT2D eigenvalue weighted by molar-refractivity contribution is 0.220. The number of hydrogen-bond acceptors (Lipinski definition) is 2. The highest BCUT2D eigenvalue weighted by Crippen LogP contribution is 2.29. The number of rotatable bonds is 4. The van der Waals surface area contributed by atoms with Gasteiger partial charge in [0.1, 0.15) is 0 Å². The van der Waals surface area contributed by atoms with Crippen molar-refractivity contribution in [2.75, 3.05) is 13.2 Å². The third kappa shape index (κ3) is 3.65. The van der Waals surface area contributed by atoms with Crippen LogP contribution < -0.4 is 5.32 Å². The second-order valence-electron chi connectivity index (χ2n) is 4.50. The normalized spacial score (nSPS) is 34.8. The molecule has 2 nitrogen and oxygen atoms in total. The fourth-order valence-electron chi connectivity index (χ4n) is 2.12. The summed E-state index contributed by atoms with van der Waals surface area (Å²) in [6, 6.07) is 0.706. The Morgan fingerprint density at radius 2 is 2.00 bits per heavy atom. The Morgan fingerprint density at radius 1 is 1.23 bits per heavy atom. The minimum Gasteiger partial charge on any atom is -0.396 e. The van der Waals surface area contributed by atoms with Crippen LogP contribution in [0.4, 0.5) is 0 Å². The van der Waals surface area contributed by atoms with Crippen molar-refractivity contribution in [3.05, 3.63) is 0 Å². The minimum absolute atomic E-state index is 0.311. The van der Waals surface area contributed by atoms with Gasteiger partial charge >= 0.3 is 0 Å². The smallest absolute Gasteiger partial charge is 0.0443 e. The molecule has 0 saturated heterocycles. The van der Waals surface area contributed by atoms with Crippen molar-refractivity contribution >= 4 is 0 Å². The van der Waals surface area contributed by atoms with Crippen molar-refractivity contribution in [3.8, 4) is 0 Å². The molecule has 0 spiro atoms. The van der Waals surface area contributed by atoms with Crippen LogP contribution in [0.2, 0.25) is 0 Å². The van der Waals surface area contributed by atoms with Crippen molar-refractivity contribution in [1.29, 1.82) is 0 Å². The zero-order valence-corrected chi connectivity index (χ0v) is 8.92. The Hall–Kier alpha value is -0.0800. The van der Waals surface area contributed by atoms with Gasteiger partial charge < -0.3 is 10.4 Å². The van der Waals surface area contributed by atoms with Gasteiger partial charge in [-0.1, -0.05) is 13.8 Å². The Bertz CT molecular complexity index is 138. The standard InChI is InChI=1S/C11H23NO/c1-9-4-5-11(8-10(9)2)12-6-3-7-13/h9-13H,3-8H2,1-2H3/t9-,10-,11-/m1/s1. The van der Waals surface area contributed by atoms with E-state index < -0.39 is 0 Å². The topological polar surface area (TPSA) is 32.3 Å². The third-order valence-electron chi connectivity index (χ3n) is 3.37. The van der Waals surface area contributed by atoms with Crippen molar-refractivity contribution in [3.63, 3.8) is 0 Å². The van der Waals surface area contributed by atoms with Gasteiger partial charge in [0.25, 0.3) is 0 Å². The Morgan fingerprint density at radius 3 is 2.62 bits per heavy atom. The summed E-state index contributed by atoms with van der Waals surface area (Å²) < 4.78 is 0. The molecule has 78 valence electrons. The fraction of sp³-hybridized carbons (Fsp3) is 1.00. The zero-order valence-electron chi connectivity index (χ0n) is 8.92. The molecular weight excluding hydrogens is 162 g/mol. The quantitative estimate of drug-likeness (QED) is 0.654. The van der Waals surface area contributed by atoms with Crippen LogP contribution in [0.5, 0.6) is 0 Å². The van der Waals surface area contributed by atoms with Crippen molar-refractivity contribution in [2.45, 2.75) is 45.6 Å². The second-order valence-corrected chi connectivity index (χ2v) is 4.50. The third-order valence-corrected chi connectivity index (χ3v) is 3.37. The van der Waals surface area contributed by atoms with Crippen LogP contribution in [0, 0.1) is 11.8 Å². The molecule has 1 saturated carbocycles. The first kappa shape index (κ1) is 11.0. The number of aliphatic hydroxyl groups is 1. The lowest BCUT2D eigenvalue weighted by Crippen LogP contribution is -2.36. The van der Waals surface area contributed by atoms with Gasteiger partial charge in [0.15, 0.2) is 0 Å². The first-order valence-electron chi connectivity index (χ1n) is 5.58. The van der Waals surface area contributed by atoms with E-state index in [4.69, 9.17) is 5.11 Å². The van der Waals surface area contributed by atoms with E-state index >= 15 is 0 Å². The molecule has 0 aromatic heterocycles. The van der Waals surface area contributed by atoms with Gasteiger partial charge in [-0.25, -0.2) is 0 Å². The molecule has 1 fully saturated rings. The molecule has 1 rings (SSSR count). The summed E-state index contributed by atoms with van der Waals surface area (Å²) in [6.45, 7) is 5.99. The molecule has 0 unspecified atom stereocenters. The molecular formula is C11H23NO. The Kier molecular flexibility index (Phi) is 4.74. The maximum Gasteiger partial charge on any atom is 0.0443 e. The molecule has 13 heavy (non-hydrogen) atoms. The average Bonchev–Trinajstić information content (AvgIpc) is 2.12. The molecule has 0 heterocycles. The summed E-state index contributed by atoms with van der Waals surface area (Å²) >= 11 is 0. The van der Waals surface area contributed by atoms with E-state index in [1.54, 1.807) is 0 Å². The molecule has 0 aliphatic heterocycles. The predicted molar refractivity (Wildman–Crippen MR) is 55.7 cm³/mol. The van der Waals surface area contributed by atoms with E-state index in [9.17, 15) is 0 Å². The van der Waals surface area contributed by atoms with E-state index in [-0.39, 0.29) is 0 Å². The van der Waals surface area contributed by atoms with Gasteiger partial charge in [0, 0.05) is 12.6 Å². The highest BCUT2D eigenvalue weighted by molar-refractivity contribution is 4.79. The van der Waals surface area contributed by atoms with Crippen LogP contribution in [0.25, 0.3) is 0 Å². The average molecular weight is 185 g/mol. The summed E-state index contributed by atoms with van der Waals surface area (Å²) in [6.07, 6.45) is 4.88. The van der Waals surface area contributed by atoms with E-state index in [2.05, 4.69) is 19.2 Å². The van der Waals surface area contributed by atoms with Gasteiger partial charge in [-0.2, -0.15) is 0 Å². The van der Waals surface area contributed by atoms with Gasteiger partial charge in [0.2, 0.25) is 0 Å². The molecule has 0 amide bonds. The molecule has 2 heteroatoms. The van der Waals surface area contributed by atoms with E-state index in [1.807, 2.05) is 0 Å². The molecule has 0 aromatic carbocycles. The monoisotopic (exact) mass is 185 g/mol. The highest BCUT2D eigenvalue weighted by atomic mass is 16.3. The van der Waals surface area contributed by atoms with Crippen LogP contribution in [0.15, 0.2) is 0 Å². The molecule has 0 bridgehead atoms. The molecule has 2 N–H and O–H groups in total. The number of hydrogen-bond donors (Lipinski definition) is 2. The van der Waals surface area contributed by atoms with Crippen LogP contribution >= 0.6 is 0 Å². The summed E-state index contributed by atoms with van der Waals surface area (Å²) in [4.78, 5) is 0. The van der Waals surface area contributed by atoms with Crippen molar-refractivity contribution < 1.29 is 5.11 Å². The van der Waals surface area contributed by atoms with Crippen molar-refractivity contribution in [2.24, 2.45) is 11.8 Å². The SMILES string of the molecule is C[C@@H]1CC[C@@H](NCCCO)C[C@H]1C. The van der Waals surface area contributed by atoms with E-state index in [0.717, 1.165) is 24.8 Å². The summed E-state index contributed by atoms with van der Waals surface area (Å²) in [7, 11) is 0. The summed E-state index contributed by atoms with van der Waals surface area (Å²) in [5, 5.41) is 12.2. The molecule has 0 radical (unpaired) electrons. The largest absolute Gasteiger partial charge is 0.396 e.